The second-order valence-corrected chi connectivity index (χ2v) is 7.77. The number of amides is 3. The highest BCUT2D eigenvalue weighted by molar-refractivity contribution is 6.34. The molecule has 0 aliphatic heterocycles. The zero-order valence-electron chi connectivity index (χ0n) is 15.7. The van der Waals surface area contributed by atoms with E-state index in [9.17, 15) is 19.5 Å². The summed E-state index contributed by atoms with van der Waals surface area (Å²) in [6, 6.07) is 4.02. The number of hydrogen-bond acceptors (Lipinski definition) is 3. The maximum Gasteiger partial charge on any atom is 0.329 e. The summed E-state index contributed by atoms with van der Waals surface area (Å²) in [5.41, 5.74) is -1.36. The Kier molecular flexibility index (Phi) is 7.03. The van der Waals surface area contributed by atoms with Crippen LogP contribution < -0.4 is 16.0 Å². The van der Waals surface area contributed by atoms with Crippen LogP contribution >= 0.6 is 11.6 Å². The molecule has 0 heterocycles. The highest BCUT2D eigenvalue weighted by Crippen LogP contribution is 2.22. The maximum absolute atomic E-state index is 12.5. The number of carboxylic acid groups (broad SMARTS) is 1. The molecule has 1 unspecified atom stereocenters. The number of benzene rings is 1. The second-order valence-electron chi connectivity index (χ2n) is 7.37. The van der Waals surface area contributed by atoms with E-state index in [0.29, 0.717) is 12.1 Å². The molecule has 0 aliphatic rings. The summed E-state index contributed by atoms with van der Waals surface area (Å²) in [7, 11) is 0. The Bertz CT molecular complexity index is 700. The predicted molar refractivity (Wildman–Crippen MR) is 102 cm³/mol. The van der Waals surface area contributed by atoms with Crippen molar-refractivity contribution in [2.45, 2.75) is 58.5 Å². The molecule has 0 spiro atoms. The Balaban J connectivity index is 3.01. The minimum absolute atomic E-state index is 0.0869. The normalized spacial score (nSPS) is 13.5. The molecule has 1 rings (SSSR count). The third-order valence-corrected chi connectivity index (χ3v) is 3.90. The lowest BCUT2D eigenvalue weighted by atomic mass is 9.95. The Labute approximate surface area is 158 Å². The van der Waals surface area contributed by atoms with Gasteiger partial charge in [-0.3, -0.25) is 4.79 Å². The number of halogens is 1. The van der Waals surface area contributed by atoms with Gasteiger partial charge in [0.15, 0.2) is 0 Å². The van der Waals surface area contributed by atoms with E-state index >= 15 is 0 Å². The van der Waals surface area contributed by atoms with Crippen LogP contribution in [0.4, 0.5) is 10.5 Å². The number of aliphatic carboxylic acids is 1. The average Bonchev–Trinajstić information content (AvgIpc) is 2.47. The van der Waals surface area contributed by atoms with Crippen LogP contribution in [-0.4, -0.2) is 34.1 Å². The number of nitrogens with one attached hydrogen (secondary N) is 3. The van der Waals surface area contributed by atoms with Crippen molar-refractivity contribution < 1.29 is 19.5 Å². The van der Waals surface area contributed by atoms with Crippen molar-refractivity contribution in [3.63, 3.8) is 0 Å². The first-order chi connectivity index (χ1) is 11.9. The van der Waals surface area contributed by atoms with E-state index < -0.39 is 29.0 Å². The molecule has 144 valence electrons. The SMILES string of the molecule is CCCC(C)(NC(=O)c1cc(NC(=O)NC(C)(C)C)ccc1Cl)C(=O)O. The highest BCUT2D eigenvalue weighted by atomic mass is 35.5. The van der Waals surface area contributed by atoms with Gasteiger partial charge in [0.05, 0.1) is 10.6 Å². The van der Waals surface area contributed by atoms with Crippen LogP contribution in [0.2, 0.25) is 5.02 Å². The summed E-state index contributed by atoms with van der Waals surface area (Å²) < 4.78 is 0. The fourth-order valence-electron chi connectivity index (χ4n) is 2.32. The van der Waals surface area contributed by atoms with Crippen LogP contribution in [0.25, 0.3) is 0 Å². The van der Waals surface area contributed by atoms with E-state index in [1.54, 1.807) is 6.07 Å². The molecule has 0 saturated heterocycles. The van der Waals surface area contributed by atoms with Gasteiger partial charge in [0.1, 0.15) is 5.54 Å². The van der Waals surface area contributed by atoms with Crippen LogP contribution in [0.3, 0.4) is 0 Å². The van der Waals surface area contributed by atoms with Gasteiger partial charge in [-0.25, -0.2) is 9.59 Å². The lowest BCUT2D eigenvalue weighted by Crippen LogP contribution is -2.52. The number of anilines is 1. The van der Waals surface area contributed by atoms with Crippen molar-refractivity contribution in [2.24, 2.45) is 0 Å². The fraction of sp³-hybridized carbons (Fsp3) is 0.500. The van der Waals surface area contributed by atoms with Crippen molar-refractivity contribution in [1.82, 2.24) is 10.6 Å². The molecule has 1 atom stereocenters. The number of hydrogen-bond donors (Lipinski definition) is 4. The molecule has 0 fully saturated rings. The molecule has 0 aromatic heterocycles. The van der Waals surface area contributed by atoms with Crippen molar-refractivity contribution in [2.75, 3.05) is 5.32 Å². The van der Waals surface area contributed by atoms with Gasteiger partial charge in [0, 0.05) is 11.2 Å². The van der Waals surface area contributed by atoms with Crippen LogP contribution in [0.5, 0.6) is 0 Å². The monoisotopic (exact) mass is 383 g/mol. The van der Waals surface area contributed by atoms with Gasteiger partial charge in [-0.1, -0.05) is 24.9 Å². The molecule has 1 aromatic rings. The zero-order valence-corrected chi connectivity index (χ0v) is 16.5. The van der Waals surface area contributed by atoms with Gasteiger partial charge in [0.25, 0.3) is 5.91 Å². The lowest BCUT2D eigenvalue weighted by Gasteiger charge is -2.26. The van der Waals surface area contributed by atoms with Crippen LogP contribution in [0, 0.1) is 0 Å². The first-order valence-electron chi connectivity index (χ1n) is 8.32. The molecule has 0 saturated carbocycles. The molecule has 7 nitrogen and oxygen atoms in total. The van der Waals surface area contributed by atoms with Crippen LogP contribution in [-0.2, 0) is 4.79 Å². The van der Waals surface area contributed by atoms with E-state index in [2.05, 4.69) is 16.0 Å². The second kappa shape index (κ2) is 8.40. The maximum atomic E-state index is 12.5. The molecule has 3 amide bonds. The standard InChI is InChI=1S/C18H26ClN3O4/c1-6-9-18(5,15(24)25)21-14(23)12-10-11(7-8-13(12)19)20-16(26)22-17(2,3)4/h7-8,10H,6,9H2,1-5H3,(H,21,23)(H,24,25)(H2,20,22,26). The lowest BCUT2D eigenvalue weighted by molar-refractivity contribution is -0.144. The van der Waals surface area contributed by atoms with Gasteiger partial charge in [-0.15, -0.1) is 0 Å². The van der Waals surface area contributed by atoms with E-state index in [-0.39, 0.29) is 17.0 Å². The molecule has 4 N–H and O–H groups in total. The summed E-state index contributed by atoms with van der Waals surface area (Å²) in [5, 5.41) is 17.4. The minimum atomic E-state index is -1.40. The van der Waals surface area contributed by atoms with Crippen LogP contribution in [0.15, 0.2) is 18.2 Å². The predicted octanol–water partition coefficient (Wildman–Crippen LogP) is 3.63. The Morgan fingerprint density at radius 2 is 1.73 bits per heavy atom. The fourth-order valence-corrected chi connectivity index (χ4v) is 2.52. The molecule has 26 heavy (non-hydrogen) atoms. The quantitative estimate of drug-likeness (QED) is 0.601. The molecule has 0 bridgehead atoms. The Morgan fingerprint density at radius 1 is 1.12 bits per heavy atom. The first kappa shape index (κ1) is 21.8. The van der Waals surface area contributed by atoms with Crippen molar-refractivity contribution in [3.8, 4) is 0 Å². The van der Waals surface area contributed by atoms with E-state index in [1.165, 1.54) is 19.1 Å². The van der Waals surface area contributed by atoms with Gasteiger partial charge in [-0.05, 0) is 52.3 Å². The zero-order chi connectivity index (χ0) is 20.1. The summed E-state index contributed by atoms with van der Waals surface area (Å²) in [6.45, 7) is 8.80. The topological polar surface area (TPSA) is 108 Å². The summed E-state index contributed by atoms with van der Waals surface area (Å²) in [5.74, 6) is -1.74. The van der Waals surface area contributed by atoms with Gasteiger partial charge in [-0.2, -0.15) is 0 Å². The number of carbonyl (C=O) groups excluding carboxylic acids is 2. The summed E-state index contributed by atoms with van der Waals surface area (Å²) >= 11 is 6.08. The summed E-state index contributed by atoms with van der Waals surface area (Å²) in [4.78, 5) is 36.0. The molecular weight excluding hydrogens is 358 g/mol. The number of carboxylic acids is 1. The smallest absolute Gasteiger partial charge is 0.329 e. The van der Waals surface area contributed by atoms with Crippen LogP contribution in [0.1, 0.15) is 57.8 Å². The highest BCUT2D eigenvalue weighted by Gasteiger charge is 2.34. The van der Waals surface area contributed by atoms with Crippen molar-refractivity contribution in [1.29, 1.82) is 0 Å². The summed E-state index contributed by atoms with van der Waals surface area (Å²) in [6.07, 6.45) is 0.864. The van der Waals surface area contributed by atoms with E-state index in [0.717, 1.165) is 0 Å². The molecule has 1 aromatic carbocycles. The third kappa shape index (κ3) is 6.22. The molecular formula is C18H26ClN3O4. The number of carbonyl (C=O) groups is 3. The molecule has 0 aliphatic carbocycles. The van der Waals surface area contributed by atoms with E-state index in [4.69, 9.17) is 11.6 Å². The number of urea groups is 1. The largest absolute Gasteiger partial charge is 0.480 e. The minimum Gasteiger partial charge on any atom is -0.480 e. The van der Waals surface area contributed by atoms with Gasteiger partial charge in [0.2, 0.25) is 0 Å². The molecule has 8 heteroatoms. The first-order valence-corrected chi connectivity index (χ1v) is 8.70. The average molecular weight is 384 g/mol. The third-order valence-electron chi connectivity index (χ3n) is 3.57. The number of rotatable bonds is 6. The van der Waals surface area contributed by atoms with Crippen molar-refractivity contribution in [3.05, 3.63) is 28.8 Å². The Morgan fingerprint density at radius 3 is 2.23 bits per heavy atom. The molecule has 0 radical (unpaired) electrons. The van der Waals surface area contributed by atoms with Crippen molar-refractivity contribution >= 4 is 35.2 Å². The van der Waals surface area contributed by atoms with Gasteiger partial charge >= 0.3 is 12.0 Å². The Hall–Kier alpha value is -2.28. The van der Waals surface area contributed by atoms with E-state index in [1.807, 2.05) is 27.7 Å². The van der Waals surface area contributed by atoms with Gasteiger partial charge < -0.3 is 21.1 Å².